The zero-order chi connectivity index (χ0) is 10.6. The first-order valence-corrected chi connectivity index (χ1v) is 5.38. The predicted molar refractivity (Wildman–Crippen MR) is 57.0 cm³/mol. The first-order chi connectivity index (χ1) is 6.63. The summed E-state index contributed by atoms with van der Waals surface area (Å²) in [7, 11) is 1.45. The lowest BCUT2D eigenvalue weighted by Crippen LogP contribution is -2.11. The van der Waals surface area contributed by atoms with Crippen molar-refractivity contribution in [3.05, 3.63) is 16.6 Å². The second-order valence-corrected chi connectivity index (χ2v) is 4.30. The van der Waals surface area contributed by atoms with E-state index in [1.54, 1.807) is 0 Å². The van der Waals surface area contributed by atoms with Crippen LogP contribution in [0, 0.1) is 5.92 Å². The van der Waals surface area contributed by atoms with E-state index in [1.165, 1.54) is 25.1 Å². The molecule has 4 nitrogen and oxygen atoms in total. The fraction of sp³-hybridized carbons (Fsp3) is 0.556. The second-order valence-electron chi connectivity index (χ2n) is 3.29. The number of aromatic amines is 1. The van der Waals surface area contributed by atoms with Crippen molar-refractivity contribution in [2.75, 3.05) is 12.9 Å². The maximum Gasteiger partial charge on any atom is 0.293 e. The molecule has 0 spiro atoms. The third-order valence-corrected chi connectivity index (χ3v) is 2.83. The van der Waals surface area contributed by atoms with Gasteiger partial charge in [0.05, 0.1) is 13.3 Å². The summed E-state index contributed by atoms with van der Waals surface area (Å²) >= 11 is 1.54. The molecular formula is C9H14N2O2S. The minimum Gasteiger partial charge on any atom is -0.490 e. The van der Waals surface area contributed by atoms with E-state index in [4.69, 9.17) is 4.74 Å². The third kappa shape index (κ3) is 3.06. The average Bonchev–Trinajstić information content (AvgIpc) is 2.15. The van der Waals surface area contributed by atoms with Crippen LogP contribution in [0.15, 0.2) is 16.1 Å². The van der Waals surface area contributed by atoms with Gasteiger partial charge in [0.15, 0.2) is 5.16 Å². The van der Waals surface area contributed by atoms with Gasteiger partial charge in [0.1, 0.15) is 0 Å². The van der Waals surface area contributed by atoms with E-state index in [2.05, 4.69) is 23.8 Å². The molecule has 0 unspecified atom stereocenters. The molecule has 0 aliphatic heterocycles. The van der Waals surface area contributed by atoms with Crippen LogP contribution in [0.3, 0.4) is 0 Å². The molecule has 0 amide bonds. The van der Waals surface area contributed by atoms with Gasteiger partial charge >= 0.3 is 0 Å². The Hall–Kier alpha value is -0.970. The molecule has 14 heavy (non-hydrogen) atoms. The number of methoxy groups -OCH3 is 1. The Morgan fingerprint density at radius 1 is 1.64 bits per heavy atom. The number of ether oxygens (including phenoxy) is 1. The number of rotatable bonds is 4. The number of thioether (sulfide) groups is 1. The van der Waals surface area contributed by atoms with Gasteiger partial charge in [0, 0.05) is 5.75 Å². The van der Waals surface area contributed by atoms with Crippen molar-refractivity contribution in [3.63, 3.8) is 0 Å². The Morgan fingerprint density at radius 2 is 2.36 bits per heavy atom. The summed E-state index contributed by atoms with van der Waals surface area (Å²) in [5.41, 5.74) is -0.228. The zero-order valence-corrected chi connectivity index (χ0v) is 9.35. The number of nitrogens with zero attached hydrogens (tertiary/aromatic N) is 1. The van der Waals surface area contributed by atoms with Crippen molar-refractivity contribution < 1.29 is 4.74 Å². The van der Waals surface area contributed by atoms with Crippen LogP contribution in [0.4, 0.5) is 0 Å². The largest absolute Gasteiger partial charge is 0.490 e. The van der Waals surface area contributed by atoms with Gasteiger partial charge in [0.25, 0.3) is 5.56 Å². The fourth-order valence-corrected chi connectivity index (χ4v) is 1.61. The van der Waals surface area contributed by atoms with Crippen molar-refractivity contribution in [2.24, 2.45) is 5.92 Å². The summed E-state index contributed by atoms with van der Waals surface area (Å²) in [6.07, 6.45) is 1.45. The lowest BCUT2D eigenvalue weighted by atomic mass is 10.3. The van der Waals surface area contributed by atoms with Crippen molar-refractivity contribution >= 4 is 11.8 Å². The molecule has 1 heterocycles. The van der Waals surface area contributed by atoms with Gasteiger partial charge in [-0.05, 0) is 5.92 Å². The van der Waals surface area contributed by atoms with Crippen molar-refractivity contribution in [1.29, 1.82) is 0 Å². The molecule has 1 aromatic rings. The highest BCUT2D eigenvalue weighted by atomic mass is 32.2. The van der Waals surface area contributed by atoms with E-state index >= 15 is 0 Å². The summed E-state index contributed by atoms with van der Waals surface area (Å²) in [6.45, 7) is 4.24. The fourth-order valence-electron chi connectivity index (χ4n) is 0.831. The van der Waals surface area contributed by atoms with Crippen LogP contribution in [0.25, 0.3) is 0 Å². The molecule has 0 bridgehead atoms. The standard InChI is InChI=1S/C9H14N2O2S/c1-6(2)5-14-9-10-4-7(13-3)8(12)11-9/h4,6H,5H2,1-3H3,(H,10,11,12). The molecular weight excluding hydrogens is 200 g/mol. The van der Waals surface area contributed by atoms with Crippen LogP contribution in [-0.2, 0) is 0 Å². The van der Waals surface area contributed by atoms with Crippen LogP contribution < -0.4 is 10.3 Å². The van der Waals surface area contributed by atoms with Crippen LogP contribution in [0.5, 0.6) is 5.75 Å². The first kappa shape index (κ1) is 11.1. The van der Waals surface area contributed by atoms with Crippen LogP contribution in [0.1, 0.15) is 13.8 Å². The highest BCUT2D eigenvalue weighted by Crippen LogP contribution is 2.15. The second kappa shape index (κ2) is 5.05. The van der Waals surface area contributed by atoms with Gasteiger partial charge in [-0.25, -0.2) is 4.98 Å². The summed E-state index contributed by atoms with van der Waals surface area (Å²) in [6, 6.07) is 0. The van der Waals surface area contributed by atoms with Crippen molar-refractivity contribution in [1.82, 2.24) is 9.97 Å². The zero-order valence-electron chi connectivity index (χ0n) is 8.53. The molecule has 0 radical (unpaired) electrons. The van der Waals surface area contributed by atoms with E-state index in [9.17, 15) is 4.79 Å². The molecule has 0 aliphatic rings. The predicted octanol–water partition coefficient (Wildman–Crippen LogP) is 1.53. The minimum atomic E-state index is -0.228. The lowest BCUT2D eigenvalue weighted by molar-refractivity contribution is 0.404. The van der Waals surface area contributed by atoms with Gasteiger partial charge in [-0.3, -0.25) is 9.78 Å². The van der Waals surface area contributed by atoms with Gasteiger partial charge in [-0.15, -0.1) is 0 Å². The van der Waals surface area contributed by atoms with E-state index < -0.39 is 0 Å². The Balaban J connectivity index is 2.72. The summed E-state index contributed by atoms with van der Waals surface area (Å²) in [5.74, 6) is 1.77. The molecule has 1 aromatic heterocycles. The monoisotopic (exact) mass is 214 g/mol. The third-order valence-electron chi connectivity index (χ3n) is 1.52. The average molecular weight is 214 g/mol. The smallest absolute Gasteiger partial charge is 0.293 e. The van der Waals surface area contributed by atoms with E-state index in [0.29, 0.717) is 11.1 Å². The van der Waals surface area contributed by atoms with Gasteiger partial charge in [-0.1, -0.05) is 25.6 Å². The maximum atomic E-state index is 11.3. The van der Waals surface area contributed by atoms with E-state index in [-0.39, 0.29) is 11.3 Å². The van der Waals surface area contributed by atoms with Crippen LogP contribution in [0.2, 0.25) is 0 Å². The Morgan fingerprint density at radius 3 is 2.86 bits per heavy atom. The SMILES string of the molecule is COc1cnc(SCC(C)C)[nH]c1=O. The molecule has 1 rings (SSSR count). The summed E-state index contributed by atoms with van der Waals surface area (Å²) < 4.78 is 4.81. The molecule has 0 saturated heterocycles. The molecule has 0 fully saturated rings. The molecule has 0 aliphatic carbocycles. The minimum absolute atomic E-state index is 0.228. The number of hydrogen-bond donors (Lipinski definition) is 1. The maximum absolute atomic E-state index is 11.3. The lowest BCUT2D eigenvalue weighted by Gasteiger charge is -2.03. The Bertz CT molecular complexity index is 349. The Kier molecular flexibility index (Phi) is 4.00. The topological polar surface area (TPSA) is 55.0 Å². The molecule has 0 atom stereocenters. The summed E-state index contributed by atoms with van der Waals surface area (Å²) in [5, 5.41) is 0.643. The van der Waals surface area contributed by atoms with Crippen molar-refractivity contribution in [2.45, 2.75) is 19.0 Å². The molecule has 1 N–H and O–H groups in total. The number of hydrogen-bond acceptors (Lipinski definition) is 4. The Labute approximate surface area is 87.1 Å². The molecule has 5 heteroatoms. The van der Waals surface area contributed by atoms with Gasteiger partial charge in [-0.2, -0.15) is 0 Å². The highest BCUT2D eigenvalue weighted by molar-refractivity contribution is 7.99. The van der Waals surface area contributed by atoms with Crippen LogP contribution in [-0.4, -0.2) is 22.8 Å². The summed E-state index contributed by atoms with van der Waals surface area (Å²) in [4.78, 5) is 18.0. The molecule has 78 valence electrons. The van der Waals surface area contributed by atoms with Gasteiger partial charge < -0.3 is 4.74 Å². The number of H-pyrrole nitrogens is 1. The van der Waals surface area contributed by atoms with E-state index in [1.807, 2.05) is 0 Å². The molecule has 0 aromatic carbocycles. The first-order valence-electron chi connectivity index (χ1n) is 4.39. The normalized spacial score (nSPS) is 10.6. The number of aromatic nitrogens is 2. The quantitative estimate of drug-likeness (QED) is 0.610. The number of nitrogens with one attached hydrogen (secondary N) is 1. The van der Waals surface area contributed by atoms with Crippen molar-refractivity contribution in [3.8, 4) is 5.75 Å². The van der Waals surface area contributed by atoms with Gasteiger partial charge in [0.2, 0.25) is 5.75 Å². The molecule has 0 saturated carbocycles. The van der Waals surface area contributed by atoms with E-state index in [0.717, 1.165) is 5.75 Å². The van der Waals surface area contributed by atoms with Crippen LogP contribution >= 0.6 is 11.8 Å². The highest BCUT2D eigenvalue weighted by Gasteiger charge is 2.03.